The molecule has 0 aliphatic heterocycles. The number of carbonyl (C=O) groups is 2. The summed E-state index contributed by atoms with van der Waals surface area (Å²) < 4.78 is 29.5. The van der Waals surface area contributed by atoms with Crippen LogP contribution in [0, 0.1) is 0 Å². The molecule has 1 rings (SSSR count). The number of carbonyl (C=O) groups excluding carboxylic acids is 2. The molecule has 0 bridgehead atoms. The van der Waals surface area contributed by atoms with Crippen LogP contribution in [0.1, 0.15) is 6.92 Å². The van der Waals surface area contributed by atoms with E-state index in [1.54, 1.807) is 10.8 Å². The Bertz CT molecular complexity index is 567. The predicted octanol–water partition coefficient (Wildman–Crippen LogP) is -0.363. The first-order chi connectivity index (χ1) is 8.38. The molecule has 0 aliphatic rings. The number of anilines is 1. The van der Waals surface area contributed by atoms with Crippen LogP contribution >= 0.6 is 0 Å². The molecule has 0 fully saturated rings. The Morgan fingerprint density at radius 3 is 2.50 bits per heavy atom. The Kier molecular flexibility index (Phi) is 4.27. The second-order valence-corrected chi connectivity index (χ2v) is 4.84. The van der Waals surface area contributed by atoms with Gasteiger partial charge in [0.1, 0.15) is 4.90 Å². The number of benzene rings is 1. The third kappa shape index (κ3) is 3.20. The van der Waals surface area contributed by atoms with E-state index in [0.717, 1.165) is 0 Å². The first kappa shape index (κ1) is 14.0. The summed E-state index contributed by atoms with van der Waals surface area (Å²) in [6.45, 7) is 1.47. The van der Waals surface area contributed by atoms with Crippen molar-refractivity contribution in [1.29, 1.82) is 0 Å². The molecule has 0 radical (unpaired) electrons. The van der Waals surface area contributed by atoms with Crippen LogP contribution in [-0.4, -0.2) is 26.9 Å². The summed E-state index contributed by atoms with van der Waals surface area (Å²) in [6.07, 6.45) is 0. The quantitative estimate of drug-likeness (QED) is 0.441. The average molecular weight is 272 g/mol. The fourth-order valence-electron chi connectivity index (χ4n) is 1.14. The van der Waals surface area contributed by atoms with E-state index in [-0.39, 0.29) is 17.2 Å². The summed E-state index contributed by atoms with van der Waals surface area (Å²) in [6, 6.07) is 5.57. The van der Waals surface area contributed by atoms with Crippen molar-refractivity contribution in [3.63, 3.8) is 0 Å². The van der Waals surface area contributed by atoms with Gasteiger partial charge in [0.05, 0.1) is 12.3 Å². The molecule has 0 unspecified atom stereocenters. The van der Waals surface area contributed by atoms with Gasteiger partial charge in [-0.25, -0.2) is 17.9 Å². The third-order valence-electron chi connectivity index (χ3n) is 1.90. The second kappa shape index (κ2) is 5.50. The van der Waals surface area contributed by atoms with Crippen LogP contribution in [0.15, 0.2) is 29.2 Å². The van der Waals surface area contributed by atoms with Crippen molar-refractivity contribution in [2.75, 3.05) is 12.3 Å². The summed E-state index contributed by atoms with van der Waals surface area (Å²) in [4.78, 5) is 22.0. The van der Waals surface area contributed by atoms with Crippen LogP contribution < -0.4 is 10.5 Å². The number of nitrogen functional groups attached to an aromatic ring is 1. The lowest BCUT2D eigenvalue weighted by Gasteiger charge is -2.08. The maximum atomic E-state index is 11.8. The largest absolute Gasteiger partial charge is 0.459 e. The van der Waals surface area contributed by atoms with Crippen LogP contribution in [0.4, 0.5) is 5.69 Å². The molecule has 1 aromatic rings. The van der Waals surface area contributed by atoms with E-state index >= 15 is 0 Å². The first-order valence-corrected chi connectivity index (χ1v) is 6.45. The van der Waals surface area contributed by atoms with Gasteiger partial charge in [-0.15, -0.1) is 0 Å². The maximum Gasteiger partial charge on any atom is 0.397 e. The van der Waals surface area contributed by atoms with E-state index < -0.39 is 21.9 Å². The Balaban J connectivity index is 2.94. The number of nitrogens with two attached hydrogens (primary N) is 1. The zero-order valence-corrected chi connectivity index (χ0v) is 10.4. The molecule has 98 valence electrons. The number of para-hydroxylation sites is 1. The minimum atomic E-state index is -4.18. The van der Waals surface area contributed by atoms with E-state index in [1.807, 2.05) is 0 Å². The Morgan fingerprint density at radius 1 is 1.33 bits per heavy atom. The van der Waals surface area contributed by atoms with Gasteiger partial charge in [-0.05, 0) is 19.1 Å². The predicted molar refractivity (Wildman–Crippen MR) is 62.8 cm³/mol. The van der Waals surface area contributed by atoms with Gasteiger partial charge < -0.3 is 10.5 Å². The van der Waals surface area contributed by atoms with Gasteiger partial charge >= 0.3 is 11.9 Å². The monoisotopic (exact) mass is 272 g/mol. The lowest BCUT2D eigenvalue weighted by atomic mass is 10.3. The summed E-state index contributed by atoms with van der Waals surface area (Å²) >= 11 is 0. The minimum absolute atomic E-state index is 0.0262. The van der Waals surface area contributed by atoms with Crippen molar-refractivity contribution in [3.8, 4) is 0 Å². The molecule has 0 saturated carbocycles. The molecule has 7 nitrogen and oxygen atoms in total. The van der Waals surface area contributed by atoms with E-state index in [1.165, 1.54) is 25.1 Å². The van der Waals surface area contributed by atoms with Gasteiger partial charge in [-0.3, -0.25) is 4.79 Å². The topological polar surface area (TPSA) is 116 Å². The second-order valence-electron chi connectivity index (χ2n) is 3.19. The number of hydrogen-bond donors (Lipinski definition) is 2. The molecule has 3 N–H and O–H groups in total. The molecule has 1 aromatic carbocycles. The van der Waals surface area contributed by atoms with E-state index in [4.69, 9.17) is 5.73 Å². The van der Waals surface area contributed by atoms with Gasteiger partial charge in [0.2, 0.25) is 0 Å². The number of hydrogen-bond acceptors (Lipinski definition) is 6. The van der Waals surface area contributed by atoms with Crippen LogP contribution in [0.3, 0.4) is 0 Å². The number of esters is 1. The molecule has 0 atom stereocenters. The number of sulfonamides is 1. The fraction of sp³-hybridized carbons (Fsp3) is 0.200. The van der Waals surface area contributed by atoms with Crippen molar-refractivity contribution in [2.45, 2.75) is 11.8 Å². The van der Waals surface area contributed by atoms with Gasteiger partial charge in [-0.2, -0.15) is 0 Å². The summed E-state index contributed by atoms with van der Waals surface area (Å²) in [5, 5.41) is 0. The molecule has 0 aliphatic carbocycles. The normalized spacial score (nSPS) is 10.7. The fourth-order valence-corrected chi connectivity index (χ4v) is 2.21. The Morgan fingerprint density at radius 2 is 1.94 bits per heavy atom. The smallest absolute Gasteiger partial charge is 0.397 e. The molecule has 1 amide bonds. The zero-order valence-electron chi connectivity index (χ0n) is 9.54. The van der Waals surface area contributed by atoms with Crippen molar-refractivity contribution in [1.82, 2.24) is 4.72 Å². The summed E-state index contributed by atoms with van der Waals surface area (Å²) in [5.74, 6) is -2.63. The van der Waals surface area contributed by atoms with Crippen LogP contribution in [0.25, 0.3) is 0 Å². The molecule has 0 aromatic heterocycles. The molecule has 0 saturated heterocycles. The molecule has 0 heterocycles. The highest BCUT2D eigenvalue weighted by Crippen LogP contribution is 2.16. The van der Waals surface area contributed by atoms with Crippen molar-refractivity contribution < 1.29 is 22.7 Å². The van der Waals surface area contributed by atoms with Gasteiger partial charge in [0.15, 0.2) is 0 Å². The van der Waals surface area contributed by atoms with E-state index in [0.29, 0.717) is 0 Å². The zero-order chi connectivity index (χ0) is 13.8. The standard InChI is InChI=1S/C10H12N2O5S/c1-2-17-10(14)9(13)12-18(15,16)8-6-4-3-5-7(8)11/h3-6H,2,11H2,1H3,(H,12,13). The first-order valence-electron chi connectivity index (χ1n) is 4.97. The third-order valence-corrected chi connectivity index (χ3v) is 3.30. The number of rotatable bonds is 3. The highest BCUT2D eigenvalue weighted by molar-refractivity contribution is 7.90. The maximum absolute atomic E-state index is 11.8. The van der Waals surface area contributed by atoms with Crippen molar-refractivity contribution >= 4 is 27.6 Å². The van der Waals surface area contributed by atoms with Gasteiger partial charge in [0.25, 0.3) is 10.0 Å². The van der Waals surface area contributed by atoms with Crippen LogP contribution in [-0.2, 0) is 24.3 Å². The molecule has 0 spiro atoms. The Labute approximate surface area is 104 Å². The average Bonchev–Trinajstić information content (AvgIpc) is 2.29. The van der Waals surface area contributed by atoms with E-state index in [2.05, 4.69) is 4.74 Å². The SMILES string of the molecule is CCOC(=O)C(=O)NS(=O)(=O)c1ccccc1N. The summed E-state index contributed by atoms with van der Waals surface area (Å²) in [5.41, 5.74) is 5.44. The summed E-state index contributed by atoms with van der Waals surface area (Å²) in [7, 11) is -4.18. The lowest BCUT2D eigenvalue weighted by Crippen LogP contribution is -2.37. The number of ether oxygens (including phenoxy) is 1. The van der Waals surface area contributed by atoms with E-state index in [9.17, 15) is 18.0 Å². The van der Waals surface area contributed by atoms with Crippen LogP contribution in [0.2, 0.25) is 0 Å². The molecule has 8 heteroatoms. The Hall–Kier alpha value is -2.09. The highest BCUT2D eigenvalue weighted by Gasteiger charge is 2.24. The number of nitrogens with one attached hydrogen (secondary N) is 1. The molecule has 18 heavy (non-hydrogen) atoms. The van der Waals surface area contributed by atoms with Gasteiger partial charge in [0, 0.05) is 0 Å². The highest BCUT2D eigenvalue weighted by atomic mass is 32.2. The van der Waals surface area contributed by atoms with Crippen molar-refractivity contribution in [2.24, 2.45) is 0 Å². The van der Waals surface area contributed by atoms with Gasteiger partial charge in [-0.1, -0.05) is 12.1 Å². The number of amides is 1. The lowest BCUT2D eigenvalue weighted by molar-refractivity contribution is -0.153. The molecular weight excluding hydrogens is 260 g/mol. The minimum Gasteiger partial charge on any atom is -0.459 e. The van der Waals surface area contributed by atoms with Crippen LogP contribution in [0.5, 0.6) is 0 Å². The molecular formula is C10H12N2O5S. The van der Waals surface area contributed by atoms with Crippen molar-refractivity contribution in [3.05, 3.63) is 24.3 Å².